The Morgan fingerprint density at radius 2 is 1.19 bits per heavy atom. The average Bonchev–Trinajstić information content (AvgIpc) is 2.30. The van der Waals surface area contributed by atoms with Gasteiger partial charge in [-0.2, -0.15) is 0 Å². The van der Waals surface area contributed by atoms with Crippen LogP contribution in [0.5, 0.6) is 0 Å². The van der Waals surface area contributed by atoms with Crippen LogP contribution in [-0.2, 0) is 0 Å². The third-order valence-corrected chi connectivity index (χ3v) is 2.86. The molecule has 1 nitrogen and oxygen atoms in total. The zero-order valence-corrected chi connectivity index (χ0v) is 8.57. The lowest BCUT2D eigenvalue weighted by molar-refractivity contribution is 1.45. The van der Waals surface area contributed by atoms with Crippen molar-refractivity contribution in [2.24, 2.45) is 0 Å². The van der Waals surface area contributed by atoms with E-state index >= 15 is 0 Å². The van der Waals surface area contributed by atoms with Gasteiger partial charge in [-0.05, 0) is 24.6 Å². The lowest BCUT2D eigenvalue weighted by Crippen LogP contribution is -1.86. The van der Waals surface area contributed by atoms with E-state index in [0.717, 1.165) is 11.0 Å². The Bertz CT molecular complexity index is 587. The molecule has 3 rings (SSSR count). The summed E-state index contributed by atoms with van der Waals surface area (Å²) >= 11 is 0. The Kier molecular flexibility index (Phi) is 2.61. The van der Waals surface area contributed by atoms with Gasteiger partial charge in [0.15, 0.2) is 0 Å². The van der Waals surface area contributed by atoms with Gasteiger partial charge < -0.3 is 0 Å². The molecule has 16 heavy (non-hydrogen) atoms. The standard InChI is InChI=1S/C14H11N.CH4/c1-10-11-6-2-4-8-13(11)15-14-9-5-3-7-12(10)14;/h2-9H,1H3;1H4. The number of fused-ring (bicyclic) bond motifs is 2. The first-order chi connectivity index (χ1) is 7.36. The van der Waals surface area contributed by atoms with E-state index in [0.29, 0.717) is 0 Å². The molecule has 0 spiro atoms. The van der Waals surface area contributed by atoms with Gasteiger partial charge in [-0.3, -0.25) is 0 Å². The number of rotatable bonds is 0. The maximum absolute atomic E-state index is 4.64. The molecule has 1 heteroatoms. The minimum Gasteiger partial charge on any atom is -0.248 e. The molecule has 3 aromatic rings. The van der Waals surface area contributed by atoms with Gasteiger partial charge in [-0.25, -0.2) is 4.98 Å². The minimum absolute atomic E-state index is 0. The number of aryl methyl sites for hydroxylation is 1. The van der Waals surface area contributed by atoms with E-state index in [-0.39, 0.29) is 7.43 Å². The molecule has 0 aliphatic rings. The highest BCUT2D eigenvalue weighted by Crippen LogP contribution is 2.24. The summed E-state index contributed by atoms with van der Waals surface area (Å²) < 4.78 is 0. The van der Waals surface area contributed by atoms with Gasteiger partial charge in [-0.15, -0.1) is 0 Å². The largest absolute Gasteiger partial charge is 0.248 e. The molecular formula is C15H15N. The quantitative estimate of drug-likeness (QED) is 0.502. The number of para-hydroxylation sites is 2. The Morgan fingerprint density at radius 3 is 1.69 bits per heavy atom. The molecule has 1 heterocycles. The number of hydrogen-bond donors (Lipinski definition) is 0. The molecule has 0 unspecified atom stereocenters. The van der Waals surface area contributed by atoms with Crippen molar-refractivity contribution < 1.29 is 0 Å². The van der Waals surface area contributed by atoms with E-state index in [2.05, 4.69) is 48.3 Å². The fraction of sp³-hybridized carbons (Fsp3) is 0.133. The van der Waals surface area contributed by atoms with Gasteiger partial charge in [0.2, 0.25) is 0 Å². The third kappa shape index (κ3) is 1.45. The van der Waals surface area contributed by atoms with Crippen LogP contribution >= 0.6 is 0 Å². The molecule has 0 N–H and O–H groups in total. The number of hydrogen-bond acceptors (Lipinski definition) is 1. The summed E-state index contributed by atoms with van der Waals surface area (Å²) in [5.41, 5.74) is 3.47. The second-order valence-electron chi connectivity index (χ2n) is 3.77. The number of nitrogens with zero attached hydrogens (tertiary/aromatic N) is 1. The monoisotopic (exact) mass is 209 g/mol. The van der Waals surface area contributed by atoms with Crippen molar-refractivity contribution >= 4 is 21.8 Å². The summed E-state index contributed by atoms with van der Waals surface area (Å²) in [6.45, 7) is 2.16. The maximum atomic E-state index is 4.64. The molecule has 0 amide bonds. The SMILES string of the molecule is C.Cc1c2ccccc2nc2ccccc12. The first-order valence-electron chi connectivity index (χ1n) is 5.10. The van der Waals surface area contributed by atoms with Gasteiger partial charge in [0.05, 0.1) is 11.0 Å². The molecule has 0 bridgehead atoms. The summed E-state index contributed by atoms with van der Waals surface area (Å²) in [5.74, 6) is 0. The highest BCUT2D eigenvalue weighted by Gasteiger charge is 2.03. The Labute approximate surface area is 95.8 Å². The van der Waals surface area contributed by atoms with Crippen molar-refractivity contribution in [1.29, 1.82) is 0 Å². The van der Waals surface area contributed by atoms with Crippen molar-refractivity contribution in [2.45, 2.75) is 14.4 Å². The maximum Gasteiger partial charge on any atom is 0.0712 e. The van der Waals surface area contributed by atoms with Crippen LogP contribution in [0.2, 0.25) is 0 Å². The molecule has 0 aliphatic heterocycles. The van der Waals surface area contributed by atoms with E-state index < -0.39 is 0 Å². The highest BCUT2D eigenvalue weighted by atomic mass is 14.7. The van der Waals surface area contributed by atoms with Gasteiger partial charge in [0, 0.05) is 10.8 Å². The molecule has 1 aromatic heterocycles. The number of aromatic nitrogens is 1. The zero-order chi connectivity index (χ0) is 10.3. The van der Waals surface area contributed by atoms with Crippen LogP contribution in [0.1, 0.15) is 13.0 Å². The Hall–Kier alpha value is -1.89. The second kappa shape index (κ2) is 3.93. The van der Waals surface area contributed by atoms with E-state index in [4.69, 9.17) is 0 Å². The lowest BCUT2D eigenvalue weighted by Gasteiger charge is -2.05. The van der Waals surface area contributed by atoms with Gasteiger partial charge in [0.25, 0.3) is 0 Å². The van der Waals surface area contributed by atoms with Crippen molar-refractivity contribution in [1.82, 2.24) is 4.98 Å². The van der Waals surface area contributed by atoms with E-state index in [1.165, 1.54) is 16.3 Å². The summed E-state index contributed by atoms with van der Waals surface area (Å²) in [6, 6.07) is 16.6. The summed E-state index contributed by atoms with van der Waals surface area (Å²) in [5, 5.41) is 2.49. The summed E-state index contributed by atoms with van der Waals surface area (Å²) in [7, 11) is 0. The molecule has 80 valence electrons. The molecule has 2 aromatic carbocycles. The first-order valence-corrected chi connectivity index (χ1v) is 5.10. The zero-order valence-electron chi connectivity index (χ0n) is 8.57. The van der Waals surface area contributed by atoms with Crippen LogP contribution in [0, 0.1) is 6.92 Å². The molecule has 0 saturated heterocycles. The fourth-order valence-electron chi connectivity index (χ4n) is 2.05. The van der Waals surface area contributed by atoms with Crippen molar-refractivity contribution in [3.63, 3.8) is 0 Å². The van der Waals surface area contributed by atoms with Crippen LogP contribution in [0.3, 0.4) is 0 Å². The summed E-state index contributed by atoms with van der Waals surface area (Å²) in [4.78, 5) is 4.64. The predicted octanol–water partition coefficient (Wildman–Crippen LogP) is 4.33. The van der Waals surface area contributed by atoms with Crippen molar-refractivity contribution in [3.05, 3.63) is 54.1 Å². The van der Waals surface area contributed by atoms with Crippen LogP contribution < -0.4 is 0 Å². The van der Waals surface area contributed by atoms with E-state index in [9.17, 15) is 0 Å². The van der Waals surface area contributed by atoms with Crippen LogP contribution in [0.25, 0.3) is 21.8 Å². The lowest BCUT2D eigenvalue weighted by atomic mass is 10.0. The molecule has 0 radical (unpaired) electrons. The van der Waals surface area contributed by atoms with Crippen molar-refractivity contribution in [3.8, 4) is 0 Å². The fourth-order valence-corrected chi connectivity index (χ4v) is 2.05. The van der Waals surface area contributed by atoms with Crippen LogP contribution in [0.15, 0.2) is 48.5 Å². The molecule has 0 saturated carbocycles. The highest BCUT2D eigenvalue weighted by molar-refractivity contribution is 5.96. The molecule has 0 aliphatic carbocycles. The average molecular weight is 209 g/mol. The van der Waals surface area contributed by atoms with Gasteiger partial charge in [0.1, 0.15) is 0 Å². The molecule has 0 atom stereocenters. The first kappa shape index (κ1) is 10.6. The normalized spacial score (nSPS) is 10.3. The Morgan fingerprint density at radius 1 is 0.750 bits per heavy atom. The second-order valence-corrected chi connectivity index (χ2v) is 3.77. The van der Waals surface area contributed by atoms with Gasteiger partial charge in [-0.1, -0.05) is 43.8 Å². The van der Waals surface area contributed by atoms with E-state index in [1.807, 2.05) is 12.1 Å². The smallest absolute Gasteiger partial charge is 0.0712 e. The summed E-state index contributed by atoms with van der Waals surface area (Å²) in [6.07, 6.45) is 0. The number of pyridine rings is 1. The number of benzene rings is 2. The van der Waals surface area contributed by atoms with Crippen molar-refractivity contribution in [2.75, 3.05) is 0 Å². The van der Waals surface area contributed by atoms with Crippen LogP contribution in [0.4, 0.5) is 0 Å². The minimum atomic E-state index is 0. The van der Waals surface area contributed by atoms with Crippen LogP contribution in [-0.4, -0.2) is 4.98 Å². The topological polar surface area (TPSA) is 12.9 Å². The van der Waals surface area contributed by atoms with E-state index in [1.54, 1.807) is 0 Å². The Balaban J connectivity index is 0.000000963. The third-order valence-electron chi connectivity index (χ3n) is 2.86. The molecular weight excluding hydrogens is 194 g/mol. The van der Waals surface area contributed by atoms with Gasteiger partial charge >= 0.3 is 0 Å². The predicted molar refractivity (Wildman–Crippen MR) is 70.7 cm³/mol. The molecule has 0 fully saturated rings.